The number of ketones is 1. The lowest BCUT2D eigenvalue weighted by Gasteiger charge is -2.51. The predicted molar refractivity (Wildman–Crippen MR) is 93.5 cm³/mol. The Morgan fingerprint density at radius 3 is 2.62 bits per heavy atom. The molecule has 1 aromatic rings. The molecular weight excluding hydrogens is 296 g/mol. The predicted octanol–water partition coefficient (Wildman–Crippen LogP) is 4.03. The first-order chi connectivity index (χ1) is 11.6. The molecule has 5 rings (SSSR count). The number of aliphatic hydroxyl groups excluding tert-OH is 1. The van der Waals surface area contributed by atoms with Crippen LogP contribution < -0.4 is 0 Å². The summed E-state index contributed by atoms with van der Waals surface area (Å²) in [6, 6.07) is 10.7. The van der Waals surface area contributed by atoms with Crippen LogP contribution in [0.3, 0.4) is 0 Å². The Balaban J connectivity index is 1.82. The third-order valence-corrected chi connectivity index (χ3v) is 8.25. The molecule has 1 N–H and O–H groups in total. The lowest BCUT2D eigenvalue weighted by molar-refractivity contribution is -0.134. The molecule has 3 saturated carbocycles. The summed E-state index contributed by atoms with van der Waals surface area (Å²) in [5.41, 5.74) is 1.11. The Morgan fingerprint density at radius 2 is 1.83 bits per heavy atom. The summed E-state index contributed by atoms with van der Waals surface area (Å²) < 4.78 is 0. The van der Waals surface area contributed by atoms with Crippen LogP contribution in [0.25, 0.3) is 0 Å². The summed E-state index contributed by atoms with van der Waals surface area (Å²) in [4.78, 5) is 13.1. The van der Waals surface area contributed by atoms with E-state index in [0.29, 0.717) is 18.6 Å². The van der Waals surface area contributed by atoms with Gasteiger partial charge in [0.25, 0.3) is 0 Å². The second kappa shape index (κ2) is 4.60. The van der Waals surface area contributed by atoms with Crippen molar-refractivity contribution in [2.75, 3.05) is 0 Å². The van der Waals surface area contributed by atoms with Crippen LogP contribution in [-0.2, 0) is 10.2 Å². The molecular formula is C22H26O2. The molecule has 1 aromatic carbocycles. The van der Waals surface area contributed by atoms with E-state index in [0.717, 1.165) is 12.8 Å². The van der Waals surface area contributed by atoms with Gasteiger partial charge in [-0.15, -0.1) is 0 Å². The van der Waals surface area contributed by atoms with E-state index in [4.69, 9.17) is 0 Å². The third kappa shape index (κ3) is 1.38. The monoisotopic (exact) mass is 322 g/mol. The van der Waals surface area contributed by atoms with Gasteiger partial charge in [-0.05, 0) is 30.2 Å². The highest BCUT2D eigenvalue weighted by Gasteiger charge is 2.78. The van der Waals surface area contributed by atoms with Crippen molar-refractivity contribution in [1.29, 1.82) is 0 Å². The van der Waals surface area contributed by atoms with E-state index in [1.54, 1.807) is 0 Å². The van der Waals surface area contributed by atoms with Gasteiger partial charge in [-0.25, -0.2) is 0 Å². The molecule has 6 atom stereocenters. The van der Waals surface area contributed by atoms with E-state index in [1.807, 2.05) is 0 Å². The van der Waals surface area contributed by atoms with E-state index in [2.05, 4.69) is 49.4 Å². The number of carbonyl (C=O) groups is 1. The molecule has 4 aliphatic rings. The van der Waals surface area contributed by atoms with Crippen LogP contribution in [-0.4, -0.2) is 17.0 Å². The number of carbonyl (C=O) groups excluding carboxylic acids is 1. The van der Waals surface area contributed by atoms with Crippen molar-refractivity contribution >= 4 is 5.78 Å². The lowest BCUT2D eigenvalue weighted by Crippen LogP contribution is -2.48. The Bertz CT molecular complexity index is 723. The third-order valence-electron chi connectivity index (χ3n) is 8.25. The van der Waals surface area contributed by atoms with Gasteiger partial charge in [-0.3, -0.25) is 4.79 Å². The minimum Gasteiger partial charge on any atom is -0.393 e. The molecule has 0 amide bonds. The van der Waals surface area contributed by atoms with Gasteiger partial charge in [0.15, 0.2) is 0 Å². The molecule has 2 bridgehead atoms. The molecule has 3 fully saturated rings. The summed E-state index contributed by atoms with van der Waals surface area (Å²) in [5, 5.41) is 10.9. The van der Waals surface area contributed by atoms with E-state index < -0.39 is 0 Å². The van der Waals surface area contributed by atoms with Crippen LogP contribution in [0, 0.1) is 22.7 Å². The molecule has 126 valence electrons. The minimum absolute atomic E-state index is 0.00124. The van der Waals surface area contributed by atoms with Crippen molar-refractivity contribution in [2.24, 2.45) is 22.7 Å². The number of hydrogen-bond donors (Lipinski definition) is 1. The minimum atomic E-state index is -0.333. The van der Waals surface area contributed by atoms with Crippen LogP contribution in [0.4, 0.5) is 0 Å². The number of rotatable bonds is 1. The Kier molecular flexibility index (Phi) is 2.86. The molecule has 0 radical (unpaired) electrons. The number of fused-ring (bicyclic) bond motifs is 2. The highest BCUT2D eigenvalue weighted by molar-refractivity contribution is 5.87. The quantitative estimate of drug-likeness (QED) is 0.793. The number of aliphatic hydroxyl groups is 1. The van der Waals surface area contributed by atoms with E-state index >= 15 is 0 Å². The van der Waals surface area contributed by atoms with Gasteiger partial charge in [-0.2, -0.15) is 0 Å². The molecule has 0 heterocycles. The van der Waals surface area contributed by atoms with Crippen molar-refractivity contribution < 1.29 is 9.90 Å². The highest BCUT2D eigenvalue weighted by atomic mass is 16.3. The summed E-state index contributed by atoms with van der Waals surface area (Å²) in [5.74, 6) is 0.444. The lowest BCUT2D eigenvalue weighted by atomic mass is 9.52. The second-order valence-corrected chi connectivity index (χ2v) is 8.72. The van der Waals surface area contributed by atoms with Crippen molar-refractivity contribution in [2.45, 2.75) is 57.0 Å². The van der Waals surface area contributed by atoms with Crippen molar-refractivity contribution in [3.8, 4) is 0 Å². The topological polar surface area (TPSA) is 37.3 Å². The van der Waals surface area contributed by atoms with Gasteiger partial charge in [0.05, 0.1) is 6.10 Å². The second-order valence-electron chi connectivity index (χ2n) is 8.72. The fraction of sp³-hybridized carbons (Fsp3) is 0.591. The summed E-state index contributed by atoms with van der Waals surface area (Å²) >= 11 is 0. The first-order valence-corrected chi connectivity index (χ1v) is 9.54. The van der Waals surface area contributed by atoms with Gasteiger partial charge in [0.1, 0.15) is 5.78 Å². The smallest absolute Gasteiger partial charge is 0.137 e. The molecule has 0 spiro atoms. The maximum atomic E-state index is 13.1. The summed E-state index contributed by atoms with van der Waals surface area (Å²) in [6.45, 7) is 2.41. The Labute approximate surface area is 144 Å². The maximum absolute atomic E-state index is 13.1. The van der Waals surface area contributed by atoms with Crippen LogP contribution in [0.15, 0.2) is 42.5 Å². The first kappa shape index (κ1) is 14.9. The maximum Gasteiger partial charge on any atom is 0.137 e. The number of allylic oxidation sites excluding steroid dienone is 2. The van der Waals surface area contributed by atoms with Gasteiger partial charge in [0.2, 0.25) is 0 Å². The summed E-state index contributed by atoms with van der Waals surface area (Å²) in [6.07, 6.45) is 10.4. The standard InChI is InChI=1S/C22H26O2/c1-20-11-5-6-12-21(20)13-14-22(20,15-7-3-2-4-8-15)19-17(24)10-9-16(23)18(19)21/h2-4,7-8,13-14,16,18-19,23H,5-6,9-12H2,1H3/t16?,18?,19?,20-,21?,22?/m0/s1. The molecule has 5 unspecified atom stereocenters. The van der Waals surface area contributed by atoms with Gasteiger partial charge < -0.3 is 5.11 Å². The normalized spacial score (nSPS) is 49.1. The van der Waals surface area contributed by atoms with Crippen molar-refractivity contribution in [3.05, 3.63) is 48.0 Å². The average Bonchev–Trinajstić information content (AvgIpc) is 3.00. The molecule has 0 aromatic heterocycles. The molecule has 2 nitrogen and oxygen atoms in total. The highest BCUT2D eigenvalue weighted by Crippen LogP contribution is 2.79. The zero-order chi connectivity index (χ0) is 16.6. The van der Waals surface area contributed by atoms with Crippen LogP contribution in [0.5, 0.6) is 0 Å². The number of hydrogen-bond acceptors (Lipinski definition) is 2. The van der Waals surface area contributed by atoms with Crippen LogP contribution in [0.2, 0.25) is 0 Å². The Morgan fingerprint density at radius 1 is 1.08 bits per heavy atom. The molecule has 2 heteroatoms. The zero-order valence-electron chi connectivity index (χ0n) is 14.4. The fourth-order valence-electron chi connectivity index (χ4n) is 7.35. The van der Waals surface area contributed by atoms with Gasteiger partial charge in [0, 0.05) is 29.1 Å². The summed E-state index contributed by atoms with van der Waals surface area (Å²) in [7, 11) is 0. The van der Waals surface area contributed by atoms with Crippen LogP contribution in [0.1, 0.15) is 51.0 Å². The molecule has 4 aliphatic carbocycles. The fourth-order valence-corrected chi connectivity index (χ4v) is 7.35. The van der Waals surface area contributed by atoms with Gasteiger partial charge >= 0.3 is 0 Å². The van der Waals surface area contributed by atoms with E-state index in [-0.39, 0.29) is 34.2 Å². The van der Waals surface area contributed by atoms with Crippen LogP contribution >= 0.6 is 0 Å². The molecule has 0 aliphatic heterocycles. The number of benzene rings is 1. The number of Topliss-reactive ketones (excluding diaryl/α,β-unsaturated/α-hetero) is 1. The zero-order valence-corrected chi connectivity index (χ0v) is 14.4. The van der Waals surface area contributed by atoms with Gasteiger partial charge in [-0.1, -0.05) is 62.2 Å². The SMILES string of the molecule is C[C@]12CCCCC13C=CC2(c1ccccc1)C1C(=O)CCC(O)C13. The van der Waals surface area contributed by atoms with E-state index in [1.165, 1.54) is 18.4 Å². The van der Waals surface area contributed by atoms with E-state index in [9.17, 15) is 9.90 Å². The Hall–Kier alpha value is -1.41. The average molecular weight is 322 g/mol. The van der Waals surface area contributed by atoms with Crippen molar-refractivity contribution in [1.82, 2.24) is 0 Å². The van der Waals surface area contributed by atoms with Crippen molar-refractivity contribution in [3.63, 3.8) is 0 Å². The molecule has 0 saturated heterocycles. The molecule has 24 heavy (non-hydrogen) atoms. The largest absolute Gasteiger partial charge is 0.393 e. The first-order valence-electron chi connectivity index (χ1n) is 9.54.